The summed E-state index contributed by atoms with van der Waals surface area (Å²) in [6.45, 7) is -0.596. The molecule has 188 valence electrons. The molecule has 0 aromatic heterocycles. The van der Waals surface area contributed by atoms with Crippen molar-refractivity contribution in [3.63, 3.8) is 0 Å². The number of aliphatic hydroxyl groups excluding tert-OH is 7. The van der Waals surface area contributed by atoms with Gasteiger partial charge in [-0.2, -0.15) is 0 Å². The molecule has 0 saturated carbocycles. The zero-order chi connectivity index (χ0) is 24.1. The molecule has 1 unspecified atom stereocenters. The van der Waals surface area contributed by atoms with Crippen molar-refractivity contribution < 1.29 is 59.9 Å². The third-order valence-corrected chi connectivity index (χ3v) is 6.18. The predicted molar refractivity (Wildman–Crippen MR) is 106 cm³/mol. The molecule has 32 heavy (non-hydrogen) atoms. The number of ether oxygens (including phenoxy) is 3. The minimum Gasteiger partial charge on any atom is -0.394 e. The number of unbranched alkanes of at least 4 members (excludes halogenated alkanes) is 4. The number of hydrogen-bond acceptors (Lipinski definition) is 12. The normalized spacial score (nSPS) is 42.3. The van der Waals surface area contributed by atoms with E-state index in [-0.39, 0.29) is 6.42 Å². The molecular weight excluding hydrogens is 432 g/mol. The Balaban J connectivity index is 2.22. The van der Waals surface area contributed by atoms with Crippen LogP contribution in [0.1, 0.15) is 45.4 Å². The highest BCUT2D eigenvalue weighted by Crippen LogP contribution is 2.39. The van der Waals surface area contributed by atoms with Gasteiger partial charge in [0.2, 0.25) is 5.79 Å². The van der Waals surface area contributed by atoms with E-state index >= 15 is 0 Å². The second kappa shape index (κ2) is 11.6. The van der Waals surface area contributed by atoms with Crippen LogP contribution >= 0.6 is 0 Å². The monoisotopic (exact) mass is 468 g/mol. The quantitative estimate of drug-likeness (QED) is 0.134. The van der Waals surface area contributed by atoms with Crippen molar-refractivity contribution in [1.29, 1.82) is 0 Å². The largest absolute Gasteiger partial charge is 0.394 e. The lowest BCUT2D eigenvalue weighted by atomic mass is 9.79. The van der Waals surface area contributed by atoms with Gasteiger partial charge in [-0.15, -0.1) is 0 Å². The fourth-order valence-electron chi connectivity index (χ4n) is 4.11. The molecule has 2 aliphatic heterocycles. The Hall–Kier alpha value is -0.770. The molecule has 2 aliphatic rings. The lowest BCUT2D eigenvalue weighted by Gasteiger charge is -2.48. The minimum absolute atomic E-state index is 0.158. The average Bonchev–Trinajstić information content (AvgIpc) is 3.04. The third kappa shape index (κ3) is 5.15. The lowest BCUT2D eigenvalue weighted by molar-refractivity contribution is -0.392. The molecule has 0 radical (unpaired) electrons. The first kappa shape index (κ1) is 27.5. The van der Waals surface area contributed by atoms with E-state index < -0.39 is 79.9 Å². The van der Waals surface area contributed by atoms with Crippen molar-refractivity contribution in [3.8, 4) is 0 Å². The highest BCUT2D eigenvalue weighted by molar-refractivity contribution is 5.88. The Labute approximate surface area is 186 Å². The van der Waals surface area contributed by atoms with E-state index in [0.29, 0.717) is 12.8 Å². The smallest absolute Gasteiger partial charge is 0.224 e. The van der Waals surface area contributed by atoms with Crippen LogP contribution in [0.2, 0.25) is 0 Å². The summed E-state index contributed by atoms with van der Waals surface area (Å²) in [5, 5.41) is 81.1. The number of Topliss-reactive ketones (excluding diaryl/α,β-unsaturated/α-hetero) is 1. The molecule has 12 heteroatoms. The Morgan fingerprint density at radius 1 is 0.906 bits per heavy atom. The predicted octanol–water partition coefficient (Wildman–Crippen LogP) is -3.10. The third-order valence-electron chi connectivity index (χ3n) is 6.18. The summed E-state index contributed by atoms with van der Waals surface area (Å²) >= 11 is 0. The van der Waals surface area contributed by atoms with E-state index in [0.717, 1.165) is 19.3 Å². The number of carbonyl (C=O) groups is 1. The van der Waals surface area contributed by atoms with E-state index in [4.69, 9.17) is 14.2 Å². The summed E-state index contributed by atoms with van der Waals surface area (Å²) in [6, 6.07) is 0. The van der Waals surface area contributed by atoms with Crippen LogP contribution in [-0.2, 0) is 19.0 Å². The highest BCUT2D eigenvalue weighted by Gasteiger charge is 2.63. The van der Waals surface area contributed by atoms with Gasteiger partial charge in [-0.1, -0.05) is 32.6 Å². The molecule has 2 saturated heterocycles. The molecule has 0 aromatic rings. The van der Waals surface area contributed by atoms with Crippen molar-refractivity contribution in [2.75, 3.05) is 19.8 Å². The van der Waals surface area contributed by atoms with E-state index in [9.17, 15) is 45.6 Å². The van der Waals surface area contributed by atoms with E-state index in [2.05, 4.69) is 0 Å². The van der Waals surface area contributed by atoms with Crippen LogP contribution in [0, 0.1) is 0 Å². The zero-order valence-electron chi connectivity index (χ0n) is 18.1. The van der Waals surface area contributed by atoms with Gasteiger partial charge < -0.3 is 55.1 Å². The number of ketones is 1. The van der Waals surface area contributed by atoms with Gasteiger partial charge in [0, 0.05) is 6.42 Å². The van der Waals surface area contributed by atoms with Crippen molar-refractivity contribution in [1.82, 2.24) is 0 Å². The maximum atomic E-state index is 12.8. The van der Waals surface area contributed by atoms with E-state index in [1.807, 2.05) is 6.92 Å². The summed E-state index contributed by atoms with van der Waals surface area (Å²) in [5.74, 6) is -3.26. The summed E-state index contributed by atoms with van der Waals surface area (Å²) in [6.07, 6.45) is -8.74. The number of hydrogen-bond donors (Lipinski definition) is 8. The van der Waals surface area contributed by atoms with Gasteiger partial charge in [-0.05, 0) is 6.42 Å². The van der Waals surface area contributed by atoms with Crippen LogP contribution in [0.25, 0.3) is 0 Å². The first-order valence-corrected chi connectivity index (χ1v) is 10.9. The van der Waals surface area contributed by atoms with Gasteiger partial charge in [0.15, 0.2) is 17.7 Å². The van der Waals surface area contributed by atoms with E-state index in [1.54, 1.807) is 0 Å². The first-order valence-electron chi connectivity index (χ1n) is 10.9. The van der Waals surface area contributed by atoms with Gasteiger partial charge >= 0.3 is 0 Å². The van der Waals surface area contributed by atoms with Crippen molar-refractivity contribution in [2.45, 2.75) is 99.8 Å². The maximum absolute atomic E-state index is 12.8. The first-order chi connectivity index (χ1) is 15.1. The van der Waals surface area contributed by atoms with Gasteiger partial charge in [-0.3, -0.25) is 4.79 Å². The molecule has 0 amide bonds. The summed E-state index contributed by atoms with van der Waals surface area (Å²) in [4.78, 5) is 12.8. The molecule has 2 heterocycles. The SMILES string of the molecule is CCCCCCCC(=O)[C@]1(O)[C@H](O)[C@@H](CO)O[C@H](OC2(CO)O[C@H](CO)[C@@H](O)[C@@H]2O)[C@@H]1O. The van der Waals surface area contributed by atoms with Gasteiger partial charge in [0.05, 0.1) is 13.2 Å². The van der Waals surface area contributed by atoms with Crippen molar-refractivity contribution in [2.24, 2.45) is 0 Å². The van der Waals surface area contributed by atoms with Gasteiger partial charge in [0.25, 0.3) is 0 Å². The Morgan fingerprint density at radius 3 is 2.06 bits per heavy atom. The fourth-order valence-corrected chi connectivity index (χ4v) is 4.11. The molecule has 8 N–H and O–H groups in total. The van der Waals surface area contributed by atoms with Crippen LogP contribution in [0.4, 0.5) is 0 Å². The van der Waals surface area contributed by atoms with Crippen LogP contribution < -0.4 is 0 Å². The standard InChI is InChI=1S/C20H36O12/c1-2-3-4-5-6-7-13(24)20(29)15(26)12(9-22)30-18(17(20)28)32-19(10-23)16(27)14(25)11(8-21)31-19/h11-12,14-18,21-23,25-29H,2-10H2,1H3/t11-,12-,14-,15-,16+,17+,18-,19?,20+/m1/s1. The molecule has 0 bridgehead atoms. The molecule has 12 nitrogen and oxygen atoms in total. The molecule has 0 aromatic carbocycles. The summed E-state index contributed by atoms with van der Waals surface area (Å²) in [5.41, 5.74) is -2.77. The number of aliphatic hydroxyl groups is 8. The highest BCUT2D eigenvalue weighted by atomic mass is 16.8. The van der Waals surface area contributed by atoms with Gasteiger partial charge in [0.1, 0.15) is 43.2 Å². The summed E-state index contributed by atoms with van der Waals surface area (Å²) in [7, 11) is 0. The molecule has 2 fully saturated rings. The molecule has 0 spiro atoms. The second-order valence-electron chi connectivity index (χ2n) is 8.39. The maximum Gasteiger partial charge on any atom is 0.224 e. The molecular formula is C20H36O12. The topological polar surface area (TPSA) is 207 Å². The van der Waals surface area contributed by atoms with Crippen LogP contribution in [0.5, 0.6) is 0 Å². The van der Waals surface area contributed by atoms with Crippen LogP contribution in [0.15, 0.2) is 0 Å². The van der Waals surface area contributed by atoms with Crippen molar-refractivity contribution in [3.05, 3.63) is 0 Å². The Morgan fingerprint density at radius 2 is 1.53 bits per heavy atom. The molecule has 9 atom stereocenters. The Bertz CT molecular complexity index is 605. The van der Waals surface area contributed by atoms with Crippen LogP contribution in [-0.4, -0.2) is 121 Å². The second-order valence-corrected chi connectivity index (χ2v) is 8.39. The van der Waals surface area contributed by atoms with Gasteiger partial charge in [-0.25, -0.2) is 0 Å². The lowest BCUT2D eigenvalue weighted by Crippen LogP contribution is -2.72. The minimum atomic E-state index is -2.77. The Kier molecular flexibility index (Phi) is 9.94. The molecule has 2 rings (SSSR count). The van der Waals surface area contributed by atoms with Crippen molar-refractivity contribution >= 4 is 5.78 Å². The summed E-state index contributed by atoms with van der Waals surface area (Å²) < 4.78 is 15.9. The fraction of sp³-hybridized carbons (Fsp3) is 0.950. The van der Waals surface area contributed by atoms with Crippen LogP contribution in [0.3, 0.4) is 0 Å². The molecule has 0 aliphatic carbocycles. The number of rotatable bonds is 12. The average molecular weight is 468 g/mol. The van der Waals surface area contributed by atoms with E-state index in [1.165, 1.54) is 0 Å². The number of carbonyl (C=O) groups excluding carboxylic acids is 1. The zero-order valence-corrected chi connectivity index (χ0v) is 18.1.